The average Bonchev–Trinajstić information content (AvgIpc) is 2.67. The highest BCUT2D eigenvalue weighted by molar-refractivity contribution is 5.92. The highest BCUT2D eigenvalue weighted by Gasteiger charge is 2.35. The van der Waals surface area contributed by atoms with Gasteiger partial charge in [0.2, 0.25) is 5.88 Å². The topological polar surface area (TPSA) is 62.2 Å². The molecule has 3 rings (SSSR count). The number of halogens is 2. The maximum Gasteiger partial charge on any atom is 0.341 e. The van der Waals surface area contributed by atoms with E-state index in [1.165, 1.54) is 6.07 Å². The van der Waals surface area contributed by atoms with Crippen LogP contribution in [0.4, 0.5) is 8.78 Å². The lowest BCUT2D eigenvalue weighted by molar-refractivity contribution is -0.133. The fourth-order valence-corrected chi connectivity index (χ4v) is 3.53. The van der Waals surface area contributed by atoms with Crippen LogP contribution in [0.3, 0.4) is 0 Å². The van der Waals surface area contributed by atoms with Gasteiger partial charge in [0.15, 0.2) is 11.6 Å². The fraction of sp³-hybridized carbons (Fsp3) is 0.450. The third-order valence-electron chi connectivity index (χ3n) is 4.84. The molecule has 2 heterocycles. The number of aliphatic carboxylic acids is 1. The third-order valence-corrected chi connectivity index (χ3v) is 4.84. The van der Waals surface area contributed by atoms with Crippen molar-refractivity contribution in [3.63, 3.8) is 0 Å². The lowest BCUT2D eigenvalue weighted by Gasteiger charge is -2.44. The Morgan fingerprint density at radius 2 is 2.00 bits per heavy atom. The number of ether oxygens (including phenoxy) is 2. The molecule has 0 amide bonds. The summed E-state index contributed by atoms with van der Waals surface area (Å²) in [6.45, 7) is 6.46. The molecule has 0 radical (unpaired) electrons. The monoisotopic (exact) mass is 394 g/mol. The highest BCUT2D eigenvalue weighted by Crippen LogP contribution is 2.32. The quantitative estimate of drug-likeness (QED) is 0.801. The zero-order chi connectivity index (χ0) is 20.3. The van der Waals surface area contributed by atoms with E-state index < -0.39 is 17.6 Å². The zero-order valence-electron chi connectivity index (χ0n) is 16.0. The van der Waals surface area contributed by atoms with Gasteiger partial charge in [0.25, 0.3) is 0 Å². The molecule has 0 aliphatic carbocycles. The lowest BCUT2D eigenvalue weighted by atomic mass is 10.0. The molecule has 1 saturated heterocycles. The van der Waals surface area contributed by atoms with Crippen molar-refractivity contribution in [2.45, 2.75) is 26.6 Å². The van der Waals surface area contributed by atoms with E-state index in [0.717, 1.165) is 12.1 Å². The van der Waals surface area contributed by atoms with Crippen LogP contribution in [0.5, 0.6) is 0 Å². The summed E-state index contributed by atoms with van der Waals surface area (Å²) in [5.41, 5.74) is 1.20. The number of hydrogen-bond acceptors (Lipinski definition) is 5. The first-order chi connectivity index (χ1) is 13.4. The van der Waals surface area contributed by atoms with Crippen LogP contribution in [-0.4, -0.2) is 60.0 Å². The number of benzene rings is 1. The molecule has 1 aromatic rings. The first kappa shape index (κ1) is 20.3. The molecular formula is C20H24F2N2O4. The summed E-state index contributed by atoms with van der Waals surface area (Å²) >= 11 is 0. The van der Waals surface area contributed by atoms with Gasteiger partial charge >= 0.3 is 5.97 Å². The van der Waals surface area contributed by atoms with Gasteiger partial charge in [-0.25, -0.2) is 13.6 Å². The van der Waals surface area contributed by atoms with Crippen molar-refractivity contribution in [2.24, 2.45) is 0 Å². The van der Waals surface area contributed by atoms with Crippen LogP contribution in [-0.2, 0) is 20.8 Å². The number of carboxylic acid groups (broad SMARTS) is 1. The summed E-state index contributed by atoms with van der Waals surface area (Å²) < 4.78 is 38.2. The van der Waals surface area contributed by atoms with Gasteiger partial charge in [0, 0.05) is 19.6 Å². The summed E-state index contributed by atoms with van der Waals surface area (Å²) in [6.07, 6.45) is 1.60. The van der Waals surface area contributed by atoms with E-state index in [1.54, 1.807) is 18.7 Å². The number of morpholine rings is 1. The van der Waals surface area contributed by atoms with Gasteiger partial charge in [-0.1, -0.05) is 6.07 Å². The summed E-state index contributed by atoms with van der Waals surface area (Å²) in [5, 5.41) is 9.72. The summed E-state index contributed by atoms with van der Waals surface area (Å²) in [6, 6.07) is 3.69. The second-order valence-electron chi connectivity index (χ2n) is 6.71. The van der Waals surface area contributed by atoms with E-state index in [4.69, 9.17) is 9.47 Å². The molecule has 1 N–H and O–H groups in total. The third kappa shape index (κ3) is 4.18. The number of carboxylic acids is 1. The van der Waals surface area contributed by atoms with E-state index in [1.807, 2.05) is 6.08 Å². The molecule has 1 unspecified atom stereocenters. The lowest BCUT2D eigenvalue weighted by Crippen LogP contribution is -2.53. The van der Waals surface area contributed by atoms with E-state index in [0.29, 0.717) is 37.4 Å². The van der Waals surface area contributed by atoms with Crippen LogP contribution < -0.4 is 0 Å². The van der Waals surface area contributed by atoms with Gasteiger partial charge < -0.3 is 19.5 Å². The molecular weight excluding hydrogens is 370 g/mol. The second kappa shape index (κ2) is 8.70. The Bertz CT molecular complexity index is 803. The Morgan fingerprint density at radius 1 is 1.29 bits per heavy atom. The molecule has 1 atom stereocenters. The molecule has 0 spiro atoms. The van der Waals surface area contributed by atoms with Gasteiger partial charge in [0.1, 0.15) is 11.7 Å². The molecule has 1 fully saturated rings. The van der Waals surface area contributed by atoms with E-state index in [2.05, 4.69) is 4.90 Å². The van der Waals surface area contributed by atoms with Crippen molar-refractivity contribution >= 4 is 5.97 Å². The smallest absolute Gasteiger partial charge is 0.341 e. The summed E-state index contributed by atoms with van der Waals surface area (Å²) in [4.78, 5) is 15.8. The molecule has 1 aromatic carbocycles. The van der Waals surface area contributed by atoms with Crippen LogP contribution in [0, 0.1) is 11.6 Å². The standard InChI is InChI=1S/C20H24F2N2O4/c1-3-28-19-18(20(25)26)13(2)10-17(23-6-8-27-9-7-23)24(19)12-14-4-5-15(21)16(22)11-14/h4-5,10-11,17H,3,6-9,12H2,1-2H3,(H,25,26). The van der Waals surface area contributed by atoms with E-state index >= 15 is 0 Å². The predicted octanol–water partition coefficient (Wildman–Crippen LogP) is 2.72. The number of hydrogen-bond donors (Lipinski definition) is 1. The van der Waals surface area contributed by atoms with Gasteiger partial charge in [-0.15, -0.1) is 0 Å². The molecule has 0 aromatic heterocycles. The van der Waals surface area contributed by atoms with Crippen molar-refractivity contribution in [1.82, 2.24) is 9.80 Å². The summed E-state index contributed by atoms with van der Waals surface area (Å²) in [7, 11) is 0. The molecule has 6 nitrogen and oxygen atoms in total. The Labute approximate surface area is 162 Å². The molecule has 2 aliphatic rings. The molecule has 2 aliphatic heterocycles. The first-order valence-corrected chi connectivity index (χ1v) is 9.24. The van der Waals surface area contributed by atoms with E-state index in [9.17, 15) is 18.7 Å². The maximum absolute atomic E-state index is 13.7. The van der Waals surface area contributed by atoms with Crippen molar-refractivity contribution in [3.8, 4) is 0 Å². The number of nitrogens with zero attached hydrogens (tertiary/aromatic N) is 2. The molecule has 0 saturated carbocycles. The van der Waals surface area contributed by atoms with Crippen molar-refractivity contribution in [2.75, 3.05) is 32.9 Å². The zero-order valence-corrected chi connectivity index (χ0v) is 16.0. The van der Waals surface area contributed by atoms with Gasteiger partial charge in [-0.05, 0) is 43.2 Å². The van der Waals surface area contributed by atoms with Crippen LogP contribution in [0.2, 0.25) is 0 Å². The van der Waals surface area contributed by atoms with Gasteiger partial charge in [0.05, 0.1) is 19.8 Å². The largest absolute Gasteiger partial charge is 0.479 e. The Hall–Kier alpha value is -2.45. The first-order valence-electron chi connectivity index (χ1n) is 9.24. The normalized spacial score (nSPS) is 20.9. The SMILES string of the molecule is CCOC1=C(C(=O)O)C(C)=CC(N2CCOCC2)N1Cc1ccc(F)c(F)c1. The Balaban J connectivity index is 2.02. The van der Waals surface area contributed by atoms with Gasteiger partial charge in [-0.3, -0.25) is 4.90 Å². The van der Waals surface area contributed by atoms with Crippen LogP contribution in [0.25, 0.3) is 0 Å². The highest BCUT2D eigenvalue weighted by atomic mass is 19.2. The molecule has 28 heavy (non-hydrogen) atoms. The number of rotatable bonds is 6. The van der Waals surface area contributed by atoms with E-state index in [-0.39, 0.29) is 30.8 Å². The average molecular weight is 394 g/mol. The maximum atomic E-state index is 13.7. The minimum Gasteiger partial charge on any atom is -0.479 e. The van der Waals surface area contributed by atoms with Crippen molar-refractivity contribution in [3.05, 3.63) is 58.5 Å². The Morgan fingerprint density at radius 3 is 2.61 bits per heavy atom. The molecule has 152 valence electrons. The minimum atomic E-state index is -1.09. The Kier molecular flexibility index (Phi) is 6.31. The van der Waals surface area contributed by atoms with Crippen molar-refractivity contribution < 1.29 is 28.2 Å². The van der Waals surface area contributed by atoms with Crippen LogP contribution >= 0.6 is 0 Å². The fourth-order valence-electron chi connectivity index (χ4n) is 3.53. The van der Waals surface area contributed by atoms with Gasteiger partial charge in [-0.2, -0.15) is 0 Å². The van der Waals surface area contributed by atoms with Crippen LogP contribution in [0.1, 0.15) is 19.4 Å². The molecule has 0 bridgehead atoms. The molecule has 8 heteroatoms. The second-order valence-corrected chi connectivity index (χ2v) is 6.71. The van der Waals surface area contributed by atoms with Crippen molar-refractivity contribution in [1.29, 1.82) is 0 Å². The van der Waals surface area contributed by atoms with Crippen LogP contribution in [0.15, 0.2) is 41.3 Å². The minimum absolute atomic E-state index is 0.0777. The number of carbonyl (C=O) groups is 1. The predicted molar refractivity (Wildman–Crippen MR) is 98.1 cm³/mol. The summed E-state index contributed by atoms with van der Waals surface area (Å²) in [5.74, 6) is -2.72.